The molecule has 4 aromatic rings. The van der Waals surface area contributed by atoms with Gasteiger partial charge < -0.3 is 34.9 Å². The smallest absolute Gasteiger partial charge is 0.324 e. The number of ether oxygens (including phenoxy) is 2. The number of nitrogens with one attached hydrogen (secondary N) is 2. The summed E-state index contributed by atoms with van der Waals surface area (Å²) in [5.41, 5.74) is 15.2. The Morgan fingerprint density at radius 3 is 2.67 bits per heavy atom. The molecule has 63 heavy (non-hydrogen) atoms. The van der Waals surface area contributed by atoms with E-state index in [4.69, 9.17) is 25.2 Å². The molecule has 340 valence electrons. The SMILES string of the molecule is CCn1c(-c2cccnc2[C@H](C)OC)c2c3cc(ccc31)-c1csc(n1)C[C@H](NC(=O)[C@H](C(C)C)N(C)C(=O)N1CC[C@@H](F)[C@H](N)C1)C(=O)N1CCC[C@H](N1)C(=O)OCC(C)(C)C2. The van der Waals surface area contributed by atoms with Crippen molar-refractivity contribution in [2.45, 2.75) is 117 Å². The van der Waals surface area contributed by atoms with Crippen LogP contribution in [0.1, 0.15) is 83.2 Å². The zero-order valence-corrected chi connectivity index (χ0v) is 38.5. The van der Waals surface area contributed by atoms with Crippen LogP contribution in [-0.2, 0) is 43.2 Å². The van der Waals surface area contributed by atoms with Crippen LogP contribution < -0.4 is 16.5 Å². The first-order chi connectivity index (χ1) is 30.0. The molecule has 0 aliphatic carbocycles. The second-order valence-corrected chi connectivity index (χ2v) is 19.2. The second-order valence-electron chi connectivity index (χ2n) is 18.3. The lowest BCUT2D eigenvalue weighted by molar-refractivity contribution is -0.155. The number of fused-ring (bicyclic) bond motifs is 6. The van der Waals surface area contributed by atoms with Crippen LogP contribution in [0.5, 0.6) is 0 Å². The molecule has 15 nitrogen and oxygen atoms in total. The van der Waals surface area contributed by atoms with Crippen LogP contribution in [0.2, 0.25) is 0 Å². The van der Waals surface area contributed by atoms with Gasteiger partial charge in [-0.1, -0.05) is 33.8 Å². The van der Waals surface area contributed by atoms with E-state index in [1.54, 1.807) is 13.3 Å². The fourth-order valence-corrected chi connectivity index (χ4v) is 10.1. The Morgan fingerprint density at radius 1 is 1.17 bits per heavy atom. The third-order valence-corrected chi connectivity index (χ3v) is 13.5. The number of halogens is 1. The third-order valence-electron chi connectivity index (χ3n) is 12.6. The van der Waals surface area contributed by atoms with Gasteiger partial charge in [-0.2, -0.15) is 0 Å². The normalized spacial score (nSPS) is 23.0. The van der Waals surface area contributed by atoms with Crippen LogP contribution in [0.25, 0.3) is 33.4 Å². The first-order valence-electron chi connectivity index (χ1n) is 22.1. The number of urea groups is 1. The highest BCUT2D eigenvalue weighted by molar-refractivity contribution is 7.10. The standard InChI is InChI=1S/C46H62FN9O6S/c1-9-55-37-15-14-28-20-30(37)31(41(55)29-12-10-17-49-39(29)27(4)61-8)22-46(5,6)25-62-44(59)34-13-11-18-56(52-34)43(58)35(21-38-50-36(28)24-63-38)51-42(57)40(26(2)3)53(7)45(60)54-19-16-32(47)33(48)23-54/h10,12,14-15,17,20,24,26-27,32-35,40,52H,9,11,13,16,18-19,21-23,25,48H2,1-8H3,(H,51,57)/t27-,32+,33+,34-,35-,40-/m0/s1. The molecule has 17 heteroatoms. The molecule has 4 amide bonds. The minimum Gasteiger partial charge on any atom is -0.464 e. The molecule has 0 unspecified atom stereocenters. The van der Waals surface area contributed by atoms with E-state index in [0.717, 1.165) is 44.7 Å². The average molecular weight is 888 g/mol. The summed E-state index contributed by atoms with van der Waals surface area (Å²) >= 11 is 1.39. The molecule has 0 spiro atoms. The second kappa shape index (κ2) is 19.0. The Labute approximate surface area is 372 Å². The highest BCUT2D eigenvalue weighted by Crippen LogP contribution is 2.42. The Morgan fingerprint density at radius 2 is 1.95 bits per heavy atom. The summed E-state index contributed by atoms with van der Waals surface area (Å²) < 4.78 is 28.4. The van der Waals surface area contributed by atoms with E-state index in [-0.39, 0.29) is 44.6 Å². The summed E-state index contributed by atoms with van der Waals surface area (Å²) in [4.78, 5) is 69.1. The lowest BCUT2D eigenvalue weighted by atomic mass is 9.84. The maximum atomic E-state index is 14.6. The number of likely N-dealkylation sites (N-methyl/N-ethyl adjacent to an activating group) is 1. The highest BCUT2D eigenvalue weighted by atomic mass is 32.1. The molecule has 1 aromatic carbocycles. The molecule has 6 atom stereocenters. The summed E-state index contributed by atoms with van der Waals surface area (Å²) in [6.07, 6.45) is 2.05. The van der Waals surface area contributed by atoms with Crippen molar-refractivity contribution < 1.29 is 33.0 Å². The van der Waals surface area contributed by atoms with Gasteiger partial charge in [0.15, 0.2) is 0 Å². The number of hydrazine groups is 1. The van der Waals surface area contributed by atoms with Gasteiger partial charge in [0.1, 0.15) is 24.3 Å². The number of benzene rings is 1. The van der Waals surface area contributed by atoms with Gasteiger partial charge in [0.25, 0.3) is 5.91 Å². The van der Waals surface area contributed by atoms with Gasteiger partial charge in [0.05, 0.1) is 40.8 Å². The van der Waals surface area contributed by atoms with Crippen molar-refractivity contribution in [1.29, 1.82) is 0 Å². The first kappa shape index (κ1) is 46.0. The van der Waals surface area contributed by atoms with Crippen LogP contribution >= 0.6 is 11.3 Å². The molecule has 3 aliphatic rings. The molecule has 3 aromatic heterocycles. The van der Waals surface area contributed by atoms with Crippen molar-refractivity contribution in [3.05, 3.63) is 58.2 Å². The molecule has 4 N–H and O–H groups in total. The number of hydrogen-bond donors (Lipinski definition) is 3. The van der Waals surface area contributed by atoms with Crippen molar-refractivity contribution in [3.63, 3.8) is 0 Å². The Kier molecular flexibility index (Phi) is 13.9. The van der Waals surface area contributed by atoms with Crippen molar-refractivity contribution in [2.75, 3.05) is 40.4 Å². The minimum absolute atomic E-state index is 0.0327. The maximum Gasteiger partial charge on any atom is 0.324 e. The fourth-order valence-electron chi connectivity index (χ4n) is 9.22. The Bertz CT molecular complexity index is 2330. The summed E-state index contributed by atoms with van der Waals surface area (Å²) in [6, 6.07) is 6.24. The van der Waals surface area contributed by atoms with E-state index in [2.05, 4.69) is 60.3 Å². The van der Waals surface area contributed by atoms with Crippen molar-refractivity contribution >= 4 is 46.1 Å². The van der Waals surface area contributed by atoms with Gasteiger partial charge in [-0.25, -0.2) is 19.6 Å². The average Bonchev–Trinajstić information content (AvgIpc) is 3.86. The van der Waals surface area contributed by atoms with Crippen LogP contribution in [0.3, 0.4) is 0 Å². The van der Waals surface area contributed by atoms with Gasteiger partial charge in [-0.05, 0) is 75.3 Å². The molecule has 6 bridgehead atoms. The number of pyridine rings is 1. The van der Waals surface area contributed by atoms with E-state index in [1.807, 2.05) is 32.2 Å². The van der Waals surface area contributed by atoms with Crippen LogP contribution in [0, 0.1) is 11.3 Å². The monoisotopic (exact) mass is 887 g/mol. The number of cyclic esters (lactones) is 1. The molecular weight excluding hydrogens is 826 g/mol. The van der Waals surface area contributed by atoms with Gasteiger partial charge in [0.2, 0.25) is 5.91 Å². The molecule has 3 aliphatic heterocycles. The Balaban J connectivity index is 1.28. The summed E-state index contributed by atoms with van der Waals surface area (Å²) in [6.45, 7) is 13.3. The fraction of sp³-hybridized carbons (Fsp3) is 0.565. The molecule has 2 saturated heterocycles. The first-order valence-corrected chi connectivity index (χ1v) is 22.9. The molecule has 0 saturated carbocycles. The largest absolute Gasteiger partial charge is 0.464 e. The summed E-state index contributed by atoms with van der Waals surface area (Å²) in [5.74, 6) is -1.78. The van der Waals surface area contributed by atoms with E-state index >= 15 is 0 Å². The lowest BCUT2D eigenvalue weighted by Crippen LogP contribution is -2.63. The van der Waals surface area contributed by atoms with Gasteiger partial charge >= 0.3 is 12.0 Å². The van der Waals surface area contributed by atoms with Crippen LogP contribution in [0.4, 0.5) is 9.18 Å². The lowest BCUT2D eigenvalue weighted by Gasteiger charge is -2.39. The van der Waals surface area contributed by atoms with E-state index in [0.29, 0.717) is 37.4 Å². The topological polar surface area (TPSA) is 177 Å². The number of aryl methyl sites for hydroxylation is 1. The molecule has 2 fully saturated rings. The number of nitrogens with two attached hydrogens (primary N) is 1. The van der Waals surface area contributed by atoms with Crippen LogP contribution in [-0.4, -0.2) is 124 Å². The predicted octanol–water partition coefficient (Wildman–Crippen LogP) is 5.65. The number of hydrogen-bond acceptors (Lipinski definition) is 11. The maximum absolute atomic E-state index is 14.6. The molecular formula is C46H62FN9O6S. The van der Waals surface area contributed by atoms with Crippen LogP contribution in [0.15, 0.2) is 41.9 Å². The molecule has 6 heterocycles. The number of aromatic nitrogens is 3. The number of piperidine rings is 1. The van der Waals surface area contributed by atoms with Crippen molar-refractivity contribution in [3.8, 4) is 22.5 Å². The highest BCUT2D eigenvalue weighted by Gasteiger charge is 2.40. The Hall–Kier alpha value is -4.97. The van der Waals surface area contributed by atoms with Gasteiger partial charge in [-0.3, -0.25) is 24.4 Å². The molecule has 0 radical (unpaired) electrons. The number of likely N-dealkylation sites (tertiary alicyclic amines) is 1. The number of esters is 1. The van der Waals surface area contributed by atoms with E-state index in [1.165, 1.54) is 33.2 Å². The third kappa shape index (κ3) is 9.61. The number of thiazole rings is 1. The summed E-state index contributed by atoms with van der Waals surface area (Å²) in [7, 11) is 3.22. The number of nitrogens with zero attached hydrogens (tertiary/aromatic N) is 6. The molecule has 7 rings (SSSR count). The number of carbonyl (C=O) groups is 4. The van der Waals surface area contributed by atoms with Gasteiger partial charge in [0, 0.05) is 85.8 Å². The number of amides is 4. The van der Waals surface area contributed by atoms with Crippen molar-refractivity contribution in [1.82, 2.24) is 40.1 Å². The number of methoxy groups -OCH3 is 1. The number of carbonyl (C=O) groups excluding carboxylic acids is 4. The zero-order chi connectivity index (χ0) is 45.3. The minimum atomic E-state index is -1.21. The summed E-state index contributed by atoms with van der Waals surface area (Å²) in [5, 5.41) is 8.01. The van der Waals surface area contributed by atoms with E-state index in [9.17, 15) is 23.6 Å². The van der Waals surface area contributed by atoms with Crippen molar-refractivity contribution in [2.24, 2.45) is 17.1 Å². The number of alkyl halides is 1. The quantitative estimate of drug-likeness (QED) is 0.188. The predicted molar refractivity (Wildman–Crippen MR) is 240 cm³/mol. The zero-order valence-electron chi connectivity index (χ0n) is 37.7. The van der Waals surface area contributed by atoms with Gasteiger partial charge in [-0.15, -0.1) is 11.3 Å². The number of rotatable bonds is 8. The van der Waals surface area contributed by atoms with E-state index < -0.39 is 59.6 Å².